The first-order chi connectivity index (χ1) is 11.2. The molecule has 0 fully saturated rings. The number of rotatable bonds is 18. The Kier molecular flexibility index (Phi) is 17.0. The van der Waals surface area contributed by atoms with Crippen LogP contribution in [0.25, 0.3) is 0 Å². The van der Waals surface area contributed by atoms with Crippen LogP contribution < -0.4 is 0 Å². The van der Waals surface area contributed by atoms with E-state index in [4.69, 9.17) is 13.3 Å². The second-order valence-electron chi connectivity index (χ2n) is 6.58. The van der Waals surface area contributed by atoms with E-state index in [1.807, 2.05) is 0 Å². The molecule has 23 heavy (non-hydrogen) atoms. The fourth-order valence-electron chi connectivity index (χ4n) is 2.95. The number of hydrogen-bond acceptors (Lipinski definition) is 3. The minimum absolute atomic E-state index is 0.783. The highest BCUT2D eigenvalue weighted by Gasteiger charge is 2.37. The van der Waals surface area contributed by atoms with Crippen LogP contribution in [0, 0.1) is 0 Å². The molecule has 0 aromatic rings. The van der Waals surface area contributed by atoms with Crippen molar-refractivity contribution in [1.82, 2.24) is 0 Å². The normalized spacial score (nSPS) is 12.0. The molecule has 0 radical (unpaired) electrons. The van der Waals surface area contributed by atoms with Gasteiger partial charge in [-0.3, -0.25) is 0 Å². The van der Waals surface area contributed by atoms with Crippen LogP contribution in [0.1, 0.15) is 97.3 Å². The fourth-order valence-corrected chi connectivity index (χ4v) is 4.98. The lowest BCUT2D eigenvalue weighted by molar-refractivity contribution is 0.0961. The average molecular weight is 347 g/mol. The Morgan fingerprint density at radius 2 is 1.00 bits per heavy atom. The average Bonchev–Trinajstić information content (AvgIpc) is 2.58. The van der Waals surface area contributed by atoms with Crippen molar-refractivity contribution in [2.24, 2.45) is 0 Å². The lowest BCUT2D eigenvalue weighted by Crippen LogP contribution is -2.43. The fraction of sp³-hybridized carbons (Fsp3) is 1.00. The van der Waals surface area contributed by atoms with E-state index in [0.29, 0.717) is 0 Å². The predicted octanol–water partition coefficient (Wildman–Crippen LogP) is 6.35. The molecule has 0 spiro atoms. The van der Waals surface area contributed by atoms with Crippen LogP contribution in [0.5, 0.6) is 0 Å². The van der Waals surface area contributed by atoms with Gasteiger partial charge in [0, 0.05) is 26.9 Å². The summed E-state index contributed by atoms with van der Waals surface area (Å²) >= 11 is 0. The lowest BCUT2D eigenvalue weighted by atomic mass is 10.1. The Labute approximate surface area is 146 Å². The van der Waals surface area contributed by atoms with Gasteiger partial charge < -0.3 is 13.3 Å². The second kappa shape index (κ2) is 16.9. The third-order valence-electron chi connectivity index (χ3n) is 4.50. The second-order valence-corrected chi connectivity index (χ2v) is 9.55. The summed E-state index contributed by atoms with van der Waals surface area (Å²) in [7, 11) is 1.09. The number of hydrogen-bond donors (Lipinski definition) is 0. The van der Waals surface area contributed by atoms with Crippen molar-refractivity contribution in [3.63, 3.8) is 0 Å². The molecule has 0 unspecified atom stereocenters. The van der Waals surface area contributed by atoms with Gasteiger partial charge in [0.2, 0.25) is 0 Å². The van der Waals surface area contributed by atoms with Crippen molar-refractivity contribution in [2.75, 3.05) is 20.8 Å². The number of unbranched alkanes of at least 4 members (excludes halogenated alkanes) is 11. The molecule has 0 bridgehead atoms. The van der Waals surface area contributed by atoms with Crippen LogP contribution >= 0.6 is 0 Å². The van der Waals surface area contributed by atoms with Crippen molar-refractivity contribution in [3.8, 4) is 0 Å². The van der Waals surface area contributed by atoms with Crippen LogP contribution in [-0.2, 0) is 13.3 Å². The Hall–Kier alpha value is 0.0969. The first-order valence-corrected chi connectivity index (χ1v) is 11.9. The summed E-state index contributed by atoms with van der Waals surface area (Å²) in [5.41, 5.74) is 0. The zero-order valence-corrected chi connectivity index (χ0v) is 17.3. The molecular formula is C19H42O3Si. The van der Waals surface area contributed by atoms with E-state index in [1.165, 1.54) is 70.6 Å². The third-order valence-corrected chi connectivity index (χ3v) is 7.50. The highest BCUT2D eigenvalue weighted by molar-refractivity contribution is 6.60. The Morgan fingerprint density at radius 1 is 0.565 bits per heavy atom. The summed E-state index contributed by atoms with van der Waals surface area (Å²) < 4.78 is 17.0. The maximum absolute atomic E-state index is 5.95. The highest BCUT2D eigenvalue weighted by Crippen LogP contribution is 2.17. The molecule has 0 heterocycles. The minimum atomic E-state index is -2.34. The molecule has 0 aromatic heterocycles. The van der Waals surface area contributed by atoms with E-state index in [1.54, 1.807) is 14.2 Å². The highest BCUT2D eigenvalue weighted by atomic mass is 28.4. The van der Waals surface area contributed by atoms with E-state index < -0.39 is 8.80 Å². The van der Waals surface area contributed by atoms with Gasteiger partial charge in [0.25, 0.3) is 0 Å². The SMILES string of the molecule is CCCCCCCCCCCCCCO[Si](CCC)(OC)OC. The predicted molar refractivity (Wildman–Crippen MR) is 102 cm³/mol. The van der Waals surface area contributed by atoms with Gasteiger partial charge in [-0.15, -0.1) is 0 Å². The third kappa shape index (κ3) is 13.1. The van der Waals surface area contributed by atoms with E-state index in [9.17, 15) is 0 Å². The van der Waals surface area contributed by atoms with Crippen molar-refractivity contribution < 1.29 is 13.3 Å². The Morgan fingerprint density at radius 3 is 1.39 bits per heavy atom. The summed E-state index contributed by atoms with van der Waals surface area (Å²) in [4.78, 5) is 0. The van der Waals surface area contributed by atoms with Crippen molar-refractivity contribution in [2.45, 2.75) is 103 Å². The summed E-state index contributed by atoms with van der Waals surface area (Å²) in [5.74, 6) is 0. The van der Waals surface area contributed by atoms with Crippen LogP contribution in [0.15, 0.2) is 0 Å². The first-order valence-electron chi connectivity index (χ1n) is 9.99. The molecule has 0 aliphatic heterocycles. The van der Waals surface area contributed by atoms with E-state index in [-0.39, 0.29) is 0 Å². The summed E-state index contributed by atoms with van der Waals surface area (Å²) in [6, 6.07) is 0.915. The largest absolute Gasteiger partial charge is 0.500 e. The standard InChI is InChI=1S/C19H42O3Si/c1-5-7-8-9-10-11-12-13-14-15-16-17-18-22-23(20-3,21-4)19-6-2/h5-19H2,1-4H3. The molecule has 140 valence electrons. The zero-order valence-electron chi connectivity index (χ0n) is 16.3. The van der Waals surface area contributed by atoms with Gasteiger partial charge in [0.05, 0.1) is 0 Å². The van der Waals surface area contributed by atoms with Gasteiger partial charge in [-0.1, -0.05) is 90.9 Å². The first kappa shape index (κ1) is 23.1. The van der Waals surface area contributed by atoms with Crippen molar-refractivity contribution in [3.05, 3.63) is 0 Å². The molecule has 0 aliphatic rings. The van der Waals surface area contributed by atoms with E-state index >= 15 is 0 Å². The topological polar surface area (TPSA) is 27.7 Å². The monoisotopic (exact) mass is 346 g/mol. The maximum Gasteiger partial charge on any atom is 0.500 e. The summed E-state index contributed by atoms with van der Waals surface area (Å²) in [6.45, 7) is 5.21. The smallest absolute Gasteiger partial charge is 0.377 e. The Bertz CT molecular complexity index is 233. The molecule has 0 aromatic carbocycles. The van der Waals surface area contributed by atoms with E-state index in [0.717, 1.165) is 25.5 Å². The van der Waals surface area contributed by atoms with E-state index in [2.05, 4.69) is 13.8 Å². The molecule has 0 saturated heterocycles. The molecule has 0 amide bonds. The minimum Gasteiger partial charge on any atom is -0.377 e. The lowest BCUT2D eigenvalue weighted by Gasteiger charge is -2.25. The van der Waals surface area contributed by atoms with Crippen LogP contribution in [0.3, 0.4) is 0 Å². The molecule has 0 atom stereocenters. The molecule has 4 heteroatoms. The van der Waals surface area contributed by atoms with Gasteiger partial charge in [0.15, 0.2) is 0 Å². The van der Waals surface area contributed by atoms with Crippen molar-refractivity contribution >= 4 is 8.80 Å². The summed E-state index contributed by atoms with van der Waals surface area (Å²) in [5, 5.41) is 0. The van der Waals surface area contributed by atoms with Crippen LogP contribution in [0.2, 0.25) is 6.04 Å². The molecule has 0 N–H and O–H groups in total. The Balaban J connectivity index is 3.35. The van der Waals surface area contributed by atoms with Gasteiger partial charge in [-0.25, -0.2) is 0 Å². The zero-order chi connectivity index (χ0) is 17.2. The van der Waals surface area contributed by atoms with Crippen LogP contribution in [0.4, 0.5) is 0 Å². The molecule has 0 rings (SSSR count). The van der Waals surface area contributed by atoms with Crippen LogP contribution in [-0.4, -0.2) is 29.6 Å². The molecule has 0 saturated carbocycles. The van der Waals surface area contributed by atoms with Gasteiger partial charge >= 0.3 is 8.80 Å². The quantitative estimate of drug-likeness (QED) is 0.214. The summed E-state index contributed by atoms with van der Waals surface area (Å²) in [6.07, 6.45) is 17.5. The van der Waals surface area contributed by atoms with Gasteiger partial charge in [-0.05, 0) is 6.42 Å². The van der Waals surface area contributed by atoms with Gasteiger partial charge in [0.1, 0.15) is 0 Å². The van der Waals surface area contributed by atoms with Gasteiger partial charge in [-0.2, -0.15) is 0 Å². The van der Waals surface area contributed by atoms with Crippen molar-refractivity contribution in [1.29, 1.82) is 0 Å². The molecular weight excluding hydrogens is 304 g/mol. The molecule has 0 aliphatic carbocycles. The maximum atomic E-state index is 5.95. The molecule has 3 nitrogen and oxygen atoms in total.